The number of aromatic nitrogens is 2. The molecular weight excluding hydrogens is 259 g/mol. The standard InChI is InChI=1S/C11H10Cl2N4/c12-8-2-1-7(9(13)5-8)6-16-11-15-4-3-10(14)17-11/h1-5H,6H2,(H3,14,15,16,17). The van der Waals surface area contributed by atoms with Gasteiger partial charge in [0, 0.05) is 22.8 Å². The number of hydrogen-bond acceptors (Lipinski definition) is 4. The zero-order chi connectivity index (χ0) is 12.3. The molecule has 0 saturated heterocycles. The highest BCUT2D eigenvalue weighted by Gasteiger charge is 2.02. The Bertz CT molecular complexity index is 531. The van der Waals surface area contributed by atoms with E-state index in [0.29, 0.717) is 28.4 Å². The second-order valence-corrected chi connectivity index (χ2v) is 4.24. The van der Waals surface area contributed by atoms with Crippen LogP contribution in [0, 0.1) is 0 Å². The van der Waals surface area contributed by atoms with Crippen molar-refractivity contribution >= 4 is 35.0 Å². The Kier molecular flexibility index (Phi) is 3.66. The van der Waals surface area contributed by atoms with Crippen LogP contribution in [0.25, 0.3) is 0 Å². The maximum Gasteiger partial charge on any atom is 0.224 e. The van der Waals surface area contributed by atoms with Gasteiger partial charge in [0.1, 0.15) is 5.82 Å². The average Bonchev–Trinajstić information content (AvgIpc) is 2.28. The van der Waals surface area contributed by atoms with Gasteiger partial charge >= 0.3 is 0 Å². The number of nitrogens with zero attached hydrogens (tertiary/aromatic N) is 2. The van der Waals surface area contributed by atoms with Crippen LogP contribution in [-0.4, -0.2) is 9.97 Å². The molecule has 0 saturated carbocycles. The molecule has 1 aromatic carbocycles. The molecular formula is C11H10Cl2N4. The number of hydrogen-bond donors (Lipinski definition) is 2. The Morgan fingerprint density at radius 2 is 2.06 bits per heavy atom. The van der Waals surface area contributed by atoms with Gasteiger partial charge in [0.05, 0.1) is 0 Å². The summed E-state index contributed by atoms with van der Waals surface area (Å²) in [6.45, 7) is 0.513. The highest BCUT2D eigenvalue weighted by molar-refractivity contribution is 6.35. The molecule has 2 rings (SSSR count). The fraction of sp³-hybridized carbons (Fsp3) is 0.0909. The third-order valence-electron chi connectivity index (χ3n) is 2.13. The summed E-state index contributed by atoms with van der Waals surface area (Å²) in [4.78, 5) is 8.05. The van der Waals surface area contributed by atoms with Gasteiger partial charge in [-0.1, -0.05) is 29.3 Å². The van der Waals surface area contributed by atoms with Crippen molar-refractivity contribution in [2.45, 2.75) is 6.54 Å². The molecule has 2 aromatic rings. The molecule has 1 heterocycles. The lowest BCUT2D eigenvalue weighted by Crippen LogP contribution is -2.05. The van der Waals surface area contributed by atoms with Crippen molar-refractivity contribution in [3.63, 3.8) is 0 Å². The minimum Gasteiger partial charge on any atom is -0.384 e. The summed E-state index contributed by atoms with van der Waals surface area (Å²) in [5, 5.41) is 4.25. The summed E-state index contributed by atoms with van der Waals surface area (Å²) in [5.41, 5.74) is 6.46. The minimum absolute atomic E-state index is 0.421. The third-order valence-corrected chi connectivity index (χ3v) is 2.72. The zero-order valence-electron chi connectivity index (χ0n) is 8.82. The van der Waals surface area contributed by atoms with Gasteiger partial charge in [-0.25, -0.2) is 4.98 Å². The molecule has 0 radical (unpaired) electrons. The highest BCUT2D eigenvalue weighted by Crippen LogP contribution is 2.21. The van der Waals surface area contributed by atoms with E-state index < -0.39 is 0 Å². The van der Waals surface area contributed by atoms with Crippen LogP contribution in [0.5, 0.6) is 0 Å². The Morgan fingerprint density at radius 1 is 1.24 bits per heavy atom. The number of nitrogens with two attached hydrogens (primary N) is 1. The molecule has 1 aromatic heterocycles. The van der Waals surface area contributed by atoms with E-state index in [1.54, 1.807) is 24.4 Å². The summed E-state index contributed by atoms with van der Waals surface area (Å²) in [6.07, 6.45) is 1.59. The first kappa shape index (κ1) is 12.0. The highest BCUT2D eigenvalue weighted by atomic mass is 35.5. The Labute approximate surface area is 109 Å². The van der Waals surface area contributed by atoms with E-state index in [4.69, 9.17) is 28.9 Å². The van der Waals surface area contributed by atoms with Crippen molar-refractivity contribution in [3.05, 3.63) is 46.1 Å². The van der Waals surface area contributed by atoms with Gasteiger partial charge in [-0.15, -0.1) is 0 Å². The molecule has 17 heavy (non-hydrogen) atoms. The first-order chi connectivity index (χ1) is 8.15. The van der Waals surface area contributed by atoms with E-state index in [9.17, 15) is 0 Å². The second-order valence-electron chi connectivity index (χ2n) is 3.39. The van der Waals surface area contributed by atoms with Gasteiger partial charge in [0.2, 0.25) is 5.95 Å². The summed E-state index contributed by atoms with van der Waals surface area (Å²) in [6, 6.07) is 6.95. The minimum atomic E-state index is 0.421. The molecule has 0 bridgehead atoms. The number of anilines is 2. The molecule has 0 aliphatic rings. The predicted octanol–water partition coefficient (Wildman–Crippen LogP) is 2.98. The maximum atomic E-state index is 6.04. The summed E-state index contributed by atoms with van der Waals surface area (Å²) in [5.74, 6) is 0.890. The fourth-order valence-corrected chi connectivity index (χ4v) is 1.77. The van der Waals surface area contributed by atoms with Crippen LogP contribution in [0.3, 0.4) is 0 Å². The largest absolute Gasteiger partial charge is 0.384 e. The van der Waals surface area contributed by atoms with Crippen LogP contribution in [0.15, 0.2) is 30.5 Å². The number of benzene rings is 1. The molecule has 4 nitrogen and oxygen atoms in total. The fourth-order valence-electron chi connectivity index (χ4n) is 1.30. The van der Waals surface area contributed by atoms with Gasteiger partial charge in [0.25, 0.3) is 0 Å². The lowest BCUT2D eigenvalue weighted by Gasteiger charge is -2.07. The average molecular weight is 269 g/mol. The lowest BCUT2D eigenvalue weighted by atomic mass is 10.2. The van der Waals surface area contributed by atoms with Gasteiger partial charge in [-0.05, 0) is 23.8 Å². The molecule has 0 aliphatic heterocycles. The summed E-state index contributed by atoms with van der Waals surface area (Å²) < 4.78 is 0. The van der Waals surface area contributed by atoms with E-state index in [0.717, 1.165) is 5.56 Å². The van der Waals surface area contributed by atoms with Gasteiger partial charge in [0.15, 0.2) is 0 Å². The smallest absolute Gasteiger partial charge is 0.224 e. The van der Waals surface area contributed by atoms with Gasteiger partial charge in [-0.3, -0.25) is 0 Å². The van der Waals surface area contributed by atoms with E-state index in [1.165, 1.54) is 0 Å². The van der Waals surface area contributed by atoms with Crippen LogP contribution in [0.2, 0.25) is 10.0 Å². The van der Waals surface area contributed by atoms with Crippen LogP contribution < -0.4 is 11.1 Å². The SMILES string of the molecule is Nc1ccnc(NCc2ccc(Cl)cc2Cl)n1. The van der Waals surface area contributed by atoms with Crippen molar-refractivity contribution in [2.24, 2.45) is 0 Å². The molecule has 3 N–H and O–H groups in total. The van der Waals surface area contributed by atoms with Crippen LogP contribution >= 0.6 is 23.2 Å². The first-order valence-electron chi connectivity index (χ1n) is 4.91. The van der Waals surface area contributed by atoms with Crippen LogP contribution in [0.1, 0.15) is 5.56 Å². The molecule has 0 atom stereocenters. The molecule has 0 unspecified atom stereocenters. The molecule has 0 fully saturated rings. The van der Waals surface area contributed by atoms with Crippen LogP contribution in [-0.2, 0) is 6.54 Å². The Hall–Kier alpha value is -1.52. The number of nitrogens with one attached hydrogen (secondary N) is 1. The molecule has 6 heteroatoms. The van der Waals surface area contributed by atoms with Crippen molar-refractivity contribution in [1.82, 2.24) is 9.97 Å². The molecule has 0 aliphatic carbocycles. The maximum absolute atomic E-state index is 6.04. The third kappa shape index (κ3) is 3.22. The summed E-state index contributed by atoms with van der Waals surface area (Å²) >= 11 is 11.8. The van der Waals surface area contributed by atoms with Crippen molar-refractivity contribution in [2.75, 3.05) is 11.1 Å². The predicted molar refractivity (Wildman–Crippen MR) is 70.2 cm³/mol. The molecule has 0 spiro atoms. The lowest BCUT2D eigenvalue weighted by molar-refractivity contribution is 1.06. The van der Waals surface area contributed by atoms with E-state index in [1.807, 2.05) is 6.07 Å². The monoisotopic (exact) mass is 268 g/mol. The zero-order valence-corrected chi connectivity index (χ0v) is 10.3. The number of nitrogen functional groups attached to an aromatic ring is 1. The van der Waals surface area contributed by atoms with E-state index >= 15 is 0 Å². The normalized spacial score (nSPS) is 10.2. The Balaban J connectivity index is 2.07. The first-order valence-corrected chi connectivity index (χ1v) is 5.67. The van der Waals surface area contributed by atoms with Gasteiger partial charge in [-0.2, -0.15) is 4.98 Å². The van der Waals surface area contributed by atoms with E-state index in [-0.39, 0.29) is 0 Å². The Morgan fingerprint density at radius 3 is 2.76 bits per heavy atom. The summed E-state index contributed by atoms with van der Waals surface area (Å²) in [7, 11) is 0. The molecule has 88 valence electrons. The van der Waals surface area contributed by atoms with Crippen LogP contribution in [0.4, 0.5) is 11.8 Å². The van der Waals surface area contributed by atoms with Crippen molar-refractivity contribution in [3.8, 4) is 0 Å². The second kappa shape index (κ2) is 5.21. The topological polar surface area (TPSA) is 63.8 Å². The quantitative estimate of drug-likeness (QED) is 0.899. The number of rotatable bonds is 3. The van der Waals surface area contributed by atoms with Crippen molar-refractivity contribution < 1.29 is 0 Å². The van der Waals surface area contributed by atoms with Crippen molar-refractivity contribution in [1.29, 1.82) is 0 Å². The van der Waals surface area contributed by atoms with Gasteiger partial charge < -0.3 is 11.1 Å². The van der Waals surface area contributed by atoms with E-state index in [2.05, 4.69) is 15.3 Å². The number of halogens is 2. The molecule has 0 amide bonds.